The van der Waals surface area contributed by atoms with Crippen molar-refractivity contribution in [2.75, 3.05) is 6.54 Å². The molecule has 0 radical (unpaired) electrons. The van der Waals surface area contributed by atoms with Gasteiger partial charge in [0.25, 0.3) is 5.91 Å². The Morgan fingerprint density at radius 1 is 0.977 bits per heavy atom. The van der Waals surface area contributed by atoms with Gasteiger partial charge in [-0.3, -0.25) is 24.0 Å². The summed E-state index contributed by atoms with van der Waals surface area (Å²) in [4.78, 5) is 77.4. The number of rotatable bonds is 12. The standard InChI is InChI=1S/C31H39N5O8/c1-31(2,3)35-28(41)24-15-21(37)17-36(24)29(42)26(39)22(14-19-10-6-4-7-11-19)33-27(40)23(16-25(32)38)34-30(43)44-18-20-12-8-5-9-13-20/h4-13,22-24,26,39H,14-18H2,1-3H3,(H2,32,38)(H,33,40)(H,34,43)(H,35,41). The topological polar surface area (TPSA) is 197 Å². The van der Waals surface area contributed by atoms with Crippen molar-refractivity contribution >= 4 is 35.5 Å². The van der Waals surface area contributed by atoms with Crippen LogP contribution in [-0.4, -0.2) is 81.8 Å². The summed E-state index contributed by atoms with van der Waals surface area (Å²) in [5.41, 5.74) is 6.03. The lowest BCUT2D eigenvalue weighted by Gasteiger charge is -2.32. The summed E-state index contributed by atoms with van der Waals surface area (Å²) in [6.07, 6.45) is -3.73. The number of hydrogen-bond acceptors (Lipinski definition) is 8. The summed E-state index contributed by atoms with van der Waals surface area (Å²) < 4.78 is 5.16. The second-order valence-corrected chi connectivity index (χ2v) is 11.6. The predicted octanol–water partition coefficient (Wildman–Crippen LogP) is 0.330. The monoisotopic (exact) mass is 609 g/mol. The molecule has 2 aromatic carbocycles. The van der Waals surface area contributed by atoms with Gasteiger partial charge in [-0.1, -0.05) is 60.7 Å². The molecule has 236 valence electrons. The minimum Gasteiger partial charge on any atom is -0.445 e. The van der Waals surface area contributed by atoms with E-state index in [-0.39, 0.29) is 31.8 Å². The van der Waals surface area contributed by atoms with Crippen LogP contribution >= 0.6 is 0 Å². The number of ketones is 1. The summed E-state index contributed by atoms with van der Waals surface area (Å²) in [5, 5.41) is 18.9. The van der Waals surface area contributed by atoms with Crippen LogP contribution < -0.4 is 21.7 Å². The van der Waals surface area contributed by atoms with Crippen LogP contribution in [0.4, 0.5) is 4.79 Å². The molecule has 0 aromatic heterocycles. The van der Waals surface area contributed by atoms with E-state index in [2.05, 4.69) is 16.0 Å². The van der Waals surface area contributed by atoms with Gasteiger partial charge in [0, 0.05) is 12.0 Å². The maximum absolute atomic E-state index is 13.6. The first-order valence-corrected chi connectivity index (χ1v) is 14.2. The maximum Gasteiger partial charge on any atom is 0.408 e. The first-order valence-electron chi connectivity index (χ1n) is 14.2. The number of carbonyl (C=O) groups is 6. The zero-order valence-corrected chi connectivity index (χ0v) is 24.9. The van der Waals surface area contributed by atoms with Gasteiger partial charge < -0.3 is 36.4 Å². The molecule has 13 nitrogen and oxygen atoms in total. The van der Waals surface area contributed by atoms with E-state index in [0.717, 1.165) is 4.90 Å². The molecule has 0 bridgehead atoms. The number of benzene rings is 2. The Hall–Kier alpha value is -4.78. The number of likely N-dealkylation sites (tertiary alicyclic amines) is 1. The van der Waals surface area contributed by atoms with Gasteiger partial charge >= 0.3 is 6.09 Å². The van der Waals surface area contributed by atoms with Gasteiger partial charge in [0.15, 0.2) is 11.9 Å². The van der Waals surface area contributed by atoms with Gasteiger partial charge in [0.1, 0.15) is 18.7 Å². The van der Waals surface area contributed by atoms with E-state index in [9.17, 15) is 33.9 Å². The first-order chi connectivity index (χ1) is 20.7. The highest BCUT2D eigenvalue weighted by Crippen LogP contribution is 2.19. The third-order valence-corrected chi connectivity index (χ3v) is 6.71. The Labute approximate surface area is 255 Å². The number of nitrogens with two attached hydrogens (primary N) is 1. The average molecular weight is 610 g/mol. The fourth-order valence-corrected chi connectivity index (χ4v) is 4.66. The highest BCUT2D eigenvalue weighted by atomic mass is 16.5. The van der Waals surface area contributed by atoms with Crippen molar-refractivity contribution in [3.05, 3.63) is 71.8 Å². The number of Topliss-reactive ketones (excluding diaryl/α,β-unsaturated/α-hetero) is 1. The summed E-state index contributed by atoms with van der Waals surface area (Å²) in [7, 11) is 0. The van der Waals surface area contributed by atoms with Crippen molar-refractivity contribution in [2.24, 2.45) is 5.73 Å². The Morgan fingerprint density at radius 2 is 1.57 bits per heavy atom. The Morgan fingerprint density at radius 3 is 2.14 bits per heavy atom. The normalized spacial score (nSPS) is 16.8. The lowest BCUT2D eigenvalue weighted by Crippen LogP contribution is -2.59. The molecule has 3 rings (SSSR count). The van der Waals surface area contributed by atoms with E-state index >= 15 is 0 Å². The molecule has 2 aromatic rings. The van der Waals surface area contributed by atoms with Crippen LogP contribution in [-0.2, 0) is 41.7 Å². The van der Waals surface area contributed by atoms with Crippen LogP contribution in [0.2, 0.25) is 0 Å². The van der Waals surface area contributed by atoms with Crippen LogP contribution in [0.1, 0.15) is 44.7 Å². The first kappa shape index (κ1) is 33.7. The quantitative estimate of drug-likeness (QED) is 0.227. The second-order valence-electron chi connectivity index (χ2n) is 11.6. The minimum absolute atomic E-state index is 0.0398. The number of nitrogens with one attached hydrogen (secondary N) is 3. The van der Waals surface area contributed by atoms with Gasteiger partial charge in [0.2, 0.25) is 17.7 Å². The molecule has 13 heteroatoms. The molecule has 0 saturated carbocycles. The lowest BCUT2D eigenvalue weighted by atomic mass is 9.99. The molecule has 1 heterocycles. The van der Waals surface area contributed by atoms with Crippen LogP contribution in [0.5, 0.6) is 0 Å². The Kier molecular flexibility index (Phi) is 11.6. The summed E-state index contributed by atoms with van der Waals surface area (Å²) in [6, 6.07) is 13.5. The van der Waals surface area contributed by atoms with E-state index in [0.29, 0.717) is 11.1 Å². The molecule has 0 spiro atoms. The fraction of sp³-hybridized carbons (Fsp3) is 0.419. The number of hydrogen-bond donors (Lipinski definition) is 5. The molecular weight excluding hydrogens is 570 g/mol. The van der Waals surface area contributed by atoms with Crippen LogP contribution in [0, 0.1) is 0 Å². The number of carbonyl (C=O) groups excluding carboxylic acids is 6. The number of amides is 5. The van der Waals surface area contributed by atoms with Crippen molar-refractivity contribution in [1.82, 2.24) is 20.9 Å². The van der Waals surface area contributed by atoms with Crippen LogP contribution in [0.25, 0.3) is 0 Å². The molecule has 1 fully saturated rings. The number of alkyl carbamates (subject to hydrolysis) is 1. The van der Waals surface area contributed by atoms with Crippen molar-refractivity contribution in [1.29, 1.82) is 0 Å². The largest absolute Gasteiger partial charge is 0.445 e. The Balaban J connectivity index is 1.79. The molecule has 1 saturated heterocycles. The highest BCUT2D eigenvalue weighted by Gasteiger charge is 2.43. The van der Waals surface area contributed by atoms with E-state index in [4.69, 9.17) is 10.5 Å². The summed E-state index contributed by atoms with van der Waals surface area (Å²) in [6.45, 7) is 4.77. The van der Waals surface area contributed by atoms with Crippen LogP contribution in [0.15, 0.2) is 60.7 Å². The molecule has 1 aliphatic heterocycles. The zero-order chi connectivity index (χ0) is 32.4. The summed E-state index contributed by atoms with van der Waals surface area (Å²) in [5.74, 6) is -3.65. The van der Waals surface area contributed by atoms with Crippen molar-refractivity contribution < 1.29 is 38.6 Å². The molecule has 44 heavy (non-hydrogen) atoms. The third-order valence-electron chi connectivity index (χ3n) is 6.71. The third kappa shape index (κ3) is 10.2. The van der Waals surface area contributed by atoms with Gasteiger partial charge in [0.05, 0.1) is 19.0 Å². The van der Waals surface area contributed by atoms with Crippen LogP contribution in [0.3, 0.4) is 0 Å². The predicted molar refractivity (Wildman–Crippen MR) is 158 cm³/mol. The molecule has 1 aliphatic rings. The average Bonchev–Trinajstić information content (AvgIpc) is 3.36. The van der Waals surface area contributed by atoms with Gasteiger partial charge in [-0.25, -0.2) is 4.79 Å². The molecule has 4 atom stereocenters. The molecular formula is C31H39N5O8. The van der Waals surface area contributed by atoms with Crippen molar-refractivity contribution in [2.45, 2.75) is 76.4 Å². The molecule has 6 N–H and O–H groups in total. The van der Waals surface area contributed by atoms with E-state index in [1.807, 2.05) is 0 Å². The minimum atomic E-state index is -1.89. The van der Waals surface area contributed by atoms with Gasteiger partial charge in [-0.15, -0.1) is 0 Å². The fourth-order valence-electron chi connectivity index (χ4n) is 4.66. The number of aliphatic hydroxyl groups is 1. The van der Waals surface area contributed by atoms with E-state index < -0.39 is 65.9 Å². The molecule has 4 unspecified atom stereocenters. The number of ether oxygens (including phenoxy) is 1. The SMILES string of the molecule is CC(C)(C)NC(=O)C1CC(=O)CN1C(=O)C(O)C(Cc1ccccc1)NC(=O)C(CC(N)=O)NC(=O)OCc1ccccc1. The second kappa shape index (κ2) is 15.1. The number of aliphatic hydroxyl groups excluding tert-OH is 1. The molecule has 5 amide bonds. The number of primary amides is 1. The zero-order valence-electron chi connectivity index (χ0n) is 24.9. The van der Waals surface area contributed by atoms with Gasteiger partial charge in [-0.2, -0.15) is 0 Å². The maximum atomic E-state index is 13.6. The molecule has 0 aliphatic carbocycles. The summed E-state index contributed by atoms with van der Waals surface area (Å²) >= 11 is 0. The van der Waals surface area contributed by atoms with Crippen molar-refractivity contribution in [3.8, 4) is 0 Å². The lowest BCUT2D eigenvalue weighted by molar-refractivity contribution is -0.147. The van der Waals surface area contributed by atoms with Crippen molar-refractivity contribution in [3.63, 3.8) is 0 Å². The highest BCUT2D eigenvalue weighted by molar-refractivity contribution is 6.00. The number of nitrogens with zero attached hydrogens (tertiary/aromatic N) is 1. The van der Waals surface area contributed by atoms with E-state index in [1.54, 1.807) is 81.4 Å². The van der Waals surface area contributed by atoms with Gasteiger partial charge in [-0.05, 0) is 38.3 Å². The van der Waals surface area contributed by atoms with E-state index in [1.165, 1.54) is 0 Å². The smallest absolute Gasteiger partial charge is 0.408 e. The Bertz CT molecular complexity index is 1350.